The molecule has 13 nitrogen and oxygen atoms in total. The van der Waals surface area contributed by atoms with Crippen LogP contribution in [0.5, 0.6) is 0 Å². The number of amides is 1. The van der Waals surface area contributed by atoms with Gasteiger partial charge < -0.3 is 20.9 Å². The molecule has 1 amide bonds. The maximum atomic E-state index is 13.5. The number of piperazine rings is 1. The predicted octanol–water partition coefficient (Wildman–Crippen LogP) is 3.86. The van der Waals surface area contributed by atoms with Gasteiger partial charge in [-0.2, -0.15) is 10.2 Å². The molecule has 256 valence electrons. The molecular weight excluding hydrogens is 608 g/mol. The second-order valence-electron chi connectivity index (χ2n) is 12.8. The Hall–Kier alpha value is -4.41. The van der Waals surface area contributed by atoms with Gasteiger partial charge in [0.1, 0.15) is 11.5 Å². The zero-order chi connectivity index (χ0) is 33.9. The van der Waals surface area contributed by atoms with E-state index in [-0.39, 0.29) is 28.9 Å². The van der Waals surface area contributed by atoms with Gasteiger partial charge in [0, 0.05) is 63.3 Å². The van der Waals surface area contributed by atoms with Crippen LogP contribution in [0.3, 0.4) is 0 Å². The molecule has 3 N–H and O–H groups in total. The van der Waals surface area contributed by atoms with Crippen molar-refractivity contribution in [2.75, 3.05) is 62.6 Å². The van der Waals surface area contributed by atoms with E-state index in [0.29, 0.717) is 47.9 Å². The van der Waals surface area contributed by atoms with Crippen LogP contribution in [0, 0.1) is 18.3 Å². The van der Waals surface area contributed by atoms with Crippen molar-refractivity contribution in [2.45, 2.75) is 77.7 Å². The highest BCUT2D eigenvalue weighted by Gasteiger charge is 2.26. The molecule has 1 saturated carbocycles. The number of aromatic nitrogens is 4. The molecule has 0 unspecified atom stereocenters. The van der Waals surface area contributed by atoms with Crippen LogP contribution < -0.4 is 26.4 Å². The van der Waals surface area contributed by atoms with Crippen LogP contribution in [0.1, 0.15) is 86.7 Å². The van der Waals surface area contributed by atoms with Crippen molar-refractivity contribution in [3.05, 3.63) is 46.0 Å². The minimum Gasteiger partial charge on any atom is -0.368 e. The Kier molecular flexibility index (Phi) is 12.5. The minimum atomic E-state index is -0.268. The van der Waals surface area contributed by atoms with Gasteiger partial charge in [-0.3, -0.25) is 23.9 Å². The van der Waals surface area contributed by atoms with E-state index in [1.165, 1.54) is 6.92 Å². The molecule has 48 heavy (non-hydrogen) atoms. The second-order valence-corrected chi connectivity index (χ2v) is 12.8. The SMILES string of the molecule is CC(=O)c1c(C)c2cnc(Nc3ccc(N4CCN(CCC(=O)NCCCCCCNCC#N)CC4)cn3)nc2n(C2CCCC2)c1=O. The van der Waals surface area contributed by atoms with Crippen LogP contribution in [0.15, 0.2) is 29.3 Å². The van der Waals surface area contributed by atoms with Gasteiger partial charge in [-0.25, -0.2) is 9.97 Å². The third kappa shape index (κ3) is 8.93. The number of ketones is 1. The van der Waals surface area contributed by atoms with Gasteiger partial charge in [0.2, 0.25) is 11.9 Å². The molecule has 1 saturated heterocycles. The summed E-state index contributed by atoms with van der Waals surface area (Å²) in [5, 5.41) is 18.5. The molecule has 1 aliphatic heterocycles. The smallest absolute Gasteiger partial charge is 0.263 e. The summed E-state index contributed by atoms with van der Waals surface area (Å²) in [5.41, 5.74) is 2.15. The number of fused-ring (bicyclic) bond motifs is 1. The highest BCUT2D eigenvalue weighted by Crippen LogP contribution is 2.32. The molecule has 5 rings (SSSR count). The number of nitrogens with one attached hydrogen (secondary N) is 3. The van der Waals surface area contributed by atoms with Crippen LogP contribution in [-0.2, 0) is 4.79 Å². The third-order valence-corrected chi connectivity index (χ3v) is 9.44. The number of pyridine rings is 2. The van der Waals surface area contributed by atoms with Crippen molar-refractivity contribution in [1.82, 2.24) is 35.1 Å². The molecule has 0 aromatic carbocycles. The first-order chi connectivity index (χ1) is 23.4. The number of rotatable bonds is 16. The Morgan fingerprint density at radius 1 is 1.00 bits per heavy atom. The fourth-order valence-electron chi connectivity index (χ4n) is 6.75. The van der Waals surface area contributed by atoms with Gasteiger partial charge in [-0.15, -0.1) is 0 Å². The standard InChI is InChI=1S/C35H48N10O3/c1-25-29-24-40-35(42-33(29)45(27-9-5-6-10-27)34(48)32(25)26(2)46)41-30-12-11-28(23-39-30)44-21-19-43(20-22-44)18-13-31(47)38-16-8-4-3-7-15-37-17-14-36/h11-12,23-24,27,37H,3-10,13,15-22H2,1-2H3,(H,38,47)(H,39,40,41,42). The van der Waals surface area contributed by atoms with E-state index in [1.54, 1.807) is 17.7 Å². The number of hydrogen-bond acceptors (Lipinski definition) is 11. The summed E-state index contributed by atoms with van der Waals surface area (Å²) < 4.78 is 1.71. The fraction of sp³-hybridized carbons (Fsp3) is 0.571. The molecule has 0 bridgehead atoms. The molecule has 13 heteroatoms. The Labute approximate surface area is 282 Å². The van der Waals surface area contributed by atoms with E-state index in [9.17, 15) is 14.4 Å². The van der Waals surface area contributed by atoms with E-state index < -0.39 is 0 Å². The molecule has 2 fully saturated rings. The van der Waals surface area contributed by atoms with E-state index >= 15 is 0 Å². The lowest BCUT2D eigenvalue weighted by Gasteiger charge is -2.35. The summed E-state index contributed by atoms with van der Waals surface area (Å²) in [4.78, 5) is 56.7. The minimum absolute atomic E-state index is 0.0206. The number of nitriles is 1. The van der Waals surface area contributed by atoms with Crippen molar-refractivity contribution < 1.29 is 9.59 Å². The summed E-state index contributed by atoms with van der Waals surface area (Å²) in [6.07, 6.45) is 12.1. The topological polar surface area (TPSA) is 161 Å². The first kappa shape index (κ1) is 34.9. The Balaban J connectivity index is 1.09. The molecule has 3 aromatic rings. The summed E-state index contributed by atoms with van der Waals surface area (Å²) in [7, 11) is 0. The first-order valence-electron chi connectivity index (χ1n) is 17.3. The quantitative estimate of drug-likeness (QED) is 0.117. The summed E-state index contributed by atoms with van der Waals surface area (Å²) >= 11 is 0. The maximum Gasteiger partial charge on any atom is 0.263 e. The lowest BCUT2D eigenvalue weighted by Crippen LogP contribution is -2.47. The number of unbranched alkanes of at least 4 members (excludes halogenated alkanes) is 3. The molecule has 4 heterocycles. The number of Topliss-reactive ketones (excluding diaryl/α,β-unsaturated/α-hetero) is 1. The molecule has 3 aromatic heterocycles. The van der Waals surface area contributed by atoms with Crippen LogP contribution in [-0.4, -0.2) is 88.5 Å². The summed E-state index contributed by atoms with van der Waals surface area (Å²) in [5.74, 6) is 0.816. The first-order valence-corrected chi connectivity index (χ1v) is 17.3. The lowest BCUT2D eigenvalue weighted by molar-refractivity contribution is -0.121. The number of nitrogens with zero attached hydrogens (tertiary/aromatic N) is 7. The highest BCUT2D eigenvalue weighted by molar-refractivity contribution is 5.99. The van der Waals surface area contributed by atoms with Crippen LogP contribution in [0.2, 0.25) is 0 Å². The van der Waals surface area contributed by atoms with Gasteiger partial charge in [-0.05, 0) is 63.8 Å². The van der Waals surface area contributed by atoms with E-state index in [0.717, 1.165) is 96.3 Å². The van der Waals surface area contributed by atoms with E-state index in [1.807, 2.05) is 18.3 Å². The summed E-state index contributed by atoms with van der Waals surface area (Å²) in [6.45, 7) is 9.43. The Bertz CT molecular complexity index is 1650. The number of anilines is 3. The molecule has 1 aliphatic carbocycles. The normalized spacial score (nSPS) is 15.5. The predicted molar refractivity (Wildman–Crippen MR) is 187 cm³/mol. The van der Waals surface area contributed by atoms with Gasteiger partial charge in [0.05, 0.1) is 30.1 Å². The average Bonchev–Trinajstić information content (AvgIpc) is 3.62. The molecule has 0 spiro atoms. The third-order valence-electron chi connectivity index (χ3n) is 9.44. The van der Waals surface area contributed by atoms with Gasteiger partial charge in [0.15, 0.2) is 5.78 Å². The number of carbonyl (C=O) groups excluding carboxylic acids is 2. The van der Waals surface area contributed by atoms with Crippen LogP contribution in [0.4, 0.5) is 17.5 Å². The molecule has 2 aliphatic rings. The van der Waals surface area contributed by atoms with Crippen LogP contribution in [0.25, 0.3) is 11.0 Å². The average molecular weight is 657 g/mol. The van der Waals surface area contributed by atoms with Gasteiger partial charge >= 0.3 is 0 Å². The van der Waals surface area contributed by atoms with Crippen molar-refractivity contribution in [3.8, 4) is 6.07 Å². The summed E-state index contributed by atoms with van der Waals surface area (Å²) in [6, 6.07) is 6.03. The van der Waals surface area contributed by atoms with Crippen molar-refractivity contribution in [3.63, 3.8) is 0 Å². The molecular formula is C35H48N10O3. The maximum absolute atomic E-state index is 13.5. The van der Waals surface area contributed by atoms with E-state index in [2.05, 4.69) is 41.8 Å². The zero-order valence-electron chi connectivity index (χ0n) is 28.3. The number of aryl methyl sites for hydroxylation is 1. The lowest BCUT2D eigenvalue weighted by atomic mass is 10.0. The van der Waals surface area contributed by atoms with Gasteiger partial charge in [-0.1, -0.05) is 25.7 Å². The Morgan fingerprint density at radius 3 is 2.44 bits per heavy atom. The molecule has 0 atom stereocenters. The monoisotopic (exact) mass is 656 g/mol. The molecule has 0 radical (unpaired) electrons. The number of hydrogen-bond donors (Lipinski definition) is 3. The fourth-order valence-corrected chi connectivity index (χ4v) is 6.75. The number of carbonyl (C=O) groups is 2. The van der Waals surface area contributed by atoms with E-state index in [4.69, 9.17) is 10.2 Å². The Morgan fingerprint density at radius 2 is 1.75 bits per heavy atom. The van der Waals surface area contributed by atoms with Crippen molar-refractivity contribution in [1.29, 1.82) is 5.26 Å². The van der Waals surface area contributed by atoms with Gasteiger partial charge in [0.25, 0.3) is 5.56 Å². The van der Waals surface area contributed by atoms with Crippen molar-refractivity contribution in [2.24, 2.45) is 0 Å². The second kappa shape index (κ2) is 17.1. The van der Waals surface area contributed by atoms with Crippen molar-refractivity contribution >= 4 is 40.2 Å². The largest absolute Gasteiger partial charge is 0.368 e. The van der Waals surface area contributed by atoms with Crippen LogP contribution >= 0.6 is 0 Å². The zero-order valence-corrected chi connectivity index (χ0v) is 28.3. The highest BCUT2D eigenvalue weighted by atomic mass is 16.2.